The van der Waals surface area contributed by atoms with Gasteiger partial charge in [0.25, 0.3) is 0 Å². The Morgan fingerprint density at radius 2 is 1.14 bits per heavy atom. The van der Waals surface area contributed by atoms with Crippen molar-refractivity contribution in [1.29, 1.82) is 10.5 Å². The number of ether oxygens (including phenoxy) is 3. The molecule has 0 amide bonds. The molecule has 0 spiro atoms. The number of carbonyl (C=O) groups is 1. The molecule has 3 heterocycles. The highest BCUT2D eigenvalue weighted by Crippen LogP contribution is 2.22. The predicted octanol–water partition coefficient (Wildman–Crippen LogP) is 6.51. The Hall–Kier alpha value is -4.90. The number of anilines is 3. The van der Waals surface area contributed by atoms with E-state index in [1.54, 1.807) is 53.9 Å². The van der Waals surface area contributed by atoms with Crippen LogP contribution in [0.25, 0.3) is 0 Å². The summed E-state index contributed by atoms with van der Waals surface area (Å²) < 4.78 is 16.4. The fourth-order valence-electron chi connectivity index (χ4n) is 6.38. The number of nitrogens with zero attached hydrogens (tertiary/aromatic N) is 6. The van der Waals surface area contributed by atoms with Crippen LogP contribution in [0.4, 0.5) is 17.5 Å². The van der Waals surface area contributed by atoms with Crippen molar-refractivity contribution in [2.75, 3.05) is 56.7 Å². The zero-order chi connectivity index (χ0) is 41.4. The van der Waals surface area contributed by atoms with Gasteiger partial charge in [0.15, 0.2) is 6.19 Å². The van der Waals surface area contributed by atoms with E-state index in [9.17, 15) is 10.1 Å². The van der Waals surface area contributed by atoms with E-state index in [0.717, 1.165) is 50.8 Å². The average molecular weight is 853 g/mol. The van der Waals surface area contributed by atoms with Gasteiger partial charge in [-0.1, -0.05) is 44.9 Å². The van der Waals surface area contributed by atoms with Crippen LogP contribution in [0.2, 0.25) is 0 Å². The predicted molar refractivity (Wildman–Crippen MR) is 228 cm³/mol. The first kappa shape index (κ1) is 48.2. The number of nitriles is 2. The number of halogens is 1. The van der Waals surface area contributed by atoms with E-state index in [4.69, 9.17) is 42.4 Å². The second-order valence-electron chi connectivity index (χ2n) is 13.6. The molecule has 3 aliphatic carbocycles. The molecule has 57 heavy (non-hydrogen) atoms. The number of rotatable bonds is 13. The molecule has 0 aliphatic heterocycles. The van der Waals surface area contributed by atoms with Gasteiger partial charge in [-0.2, -0.15) is 10.5 Å². The molecule has 0 saturated heterocycles. The second-order valence-corrected chi connectivity index (χ2v) is 14.0. The summed E-state index contributed by atoms with van der Waals surface area (Å²) in [5.74, 6) is 4.08. The zero-order valence-electron chi connectivity index (χ0n) is 33.2. The minimum atomic E-state index is 0.393. The molecule has 3 aliphatic rings. The highest BCUT2D eigenvalue weighted by molar-refractivity contribution is 9.12. The van der Waals surface area contributed by atoms with Crippen LogP contribution in [-0.4, -0.2) is 77.2 Å². The molecule has 9 N–H and O–H groups in total. The summed E-state index contributed by atoms with van der Waals surface area (Å²) in [6.45, 7) is 3.70. The summed E-state index contributed by atoms with van der Waals surface area (Å²) >= 11 is 2.45. The first-order valence-corrected chi connectivity index (χ1v) is 20.7. The number of carbonyl (C=O) groups excluding carboxylic acids is 1. The first-order chi connectivity index (χ1) is 27.8. The van der Waals surface area contributed by atoms with Crippen LogP contribution in [0, 0.1) is 21.7 Å². The third kappa shape index (κ3) is 23.7. The summed E-state index contributed by atoms with van der Waals surface area (Å²) in [7, 11) is 0. The van der Waals surface area contributed by atoms with Gasteiger partial charge in [-0.25, -0.2) is 15.0 Å². The van der Waals surface area contributed by atoms with Crippen LogP contribution >= 0.6 is 15.9 Å². The third-order valence-corrected chi connectivity index (χ3v) is 9.21. The Bertz CT molecular complexity index is 1590. The van der Waals surface area contributed by atoms with Crippen LogP contribution in [-0.2, 0) is 4.79 Å². The van der Waals surface area contributed by atoms with Crippen molar-refractivity contribution in [2.45, 2.75) is 108 Å². The molecule has 15 nitrogen and oxygen atoms in total. The maximum absolute atomic E-state index is 10.5. The van der Waals surface area contributed by atoms with Gasteiger partial charge in [0.05, 0.1) is 6.54 Å². The molecular weight excluding hydrogens is 790 g/mol. The molecule has 3 fully saturated rings. The van der Waals surface area contributed by atoms with Gasteiger partial charge in [-0.15, -0.1) is 0 Å². The largest absolute Gasteiger partial charge is 0.492 e. The van der Waals surface area contributed by atoms with Gasteiger partial charge < -0.3 is 47.4 Å². The lowest BCUT2D eigenvalue weighted by Crippen LogP contribution is -2.35. The van der Waals surface area contributed by atoms with Crippen LogP contribution in [0.3, 0.4) is 0 Å². The smallest absolute Gasteiger partial charge is 0.179 e. The first-order valence-electron chi connectivity index (χ1n) is 19.9. The van der Waals surface area contributed by atoms with Gasteiger partial charge in [-0.3, -0.25) is 4.79 Å². The third-order valence-electron chi connectivity index (χ3n) is 9.21. The number of Topliss-reactive ketones (excluding diaryl/α,β-unsaturated/α-hetero) is 1. The van der Waals surface area contributed by atoms with Crippen molar-refractivity contribution in [2.24, 2.45) is 5.73 Å². The second kappa shape index (κ2) is 31.2. The molecule has 0 atom stereocenters. The number of pyridine rings is 3. The lowest BCUT2D eigenvalue weighted by molar-refractivity contribution is -0.120. The Morgan fingerprint density at radius 1 is 0.702 bits per heavy atom. The Morgan fingerprint density at radius 3 is 1.56 bits per heavy atom. The van der Waals surface area contributed by atoms with E-state index in [2.05, 4.69) is 42.4 Å². The topological polar surface area (TPSA) is 250 Å². The van der Waals surface area contributed by atoms with Gasteiger partial charge in [0.2, 0.25) is 0 Å². The number of aromatic nitrogens is 3. The molecule has 0 bridgehead atoms. The molecule has 3 aromatic heterocycles. The number of nitrogens with one attached hydrogen (secondary N) is 1. The lowest BCUT2D eigenvalue weighted by atomic mass is 9.94. The summed E-state index contributed by atoms with van der Waals surface area (Å²) in [5, 5.41) is 20.0. The summed E-state index contributed by atoms with van der Waals surface area (Å²) in [6.07, 6.45) is 25.1. The number of hydrogen-bond donors (Lipinski definition) is 5. The molecule has 16 heteroatoms. The molecule has 3 aromatic rings. The number of nitrogens with two attached hydrogens (primary N) is 4. The quantitative estimate of drug-likeness (QED) is 0.0699. The van der Waals surface area contributed by atoms with E-state index < -0.39 is 0 Å². The van der Waals surface area contributed by atoms with Crippen LogP contribution < -0.4 is 42.5 Å². The number of hydrogen-bond acceptors (Lipinski definition) is 15. The highest BCUT2D eigenvalue weighted by Gasteiger charge is 2.20. The molecule has 3 saturated carbocycles. The maximum atomic E-state index is 10.5. The standard InChI is InChI=1S/C14H20N4O.C13H21N3O.C7H11N3O.C6H10O.CBrN/c15-11-18(12-4-2-1-3-5-12)8-9-19-13-6-7-17-14(16)10-13;14-13-10-12(6-7-16-13)17-9-8-15-11-4-2-1-3-5-11;8-2-4-11-6-1-3-10-7(9)5-6;7-6-4-2-1-3-5-6;2-1-3/h6-7,10,12H,1-5,8-9H2,(H2,16,17);6-7,10-11,15H,1-5,8-9H2,(H2,14,16);1,3,5H,2,4,8H2,(H2,9,10);1-5H2;. The van der Waals surface area contributed by atoms with Crippen molar-refractivity contribution in [3.63, 3.8) is 0 Å². The summed E-state index contributed by atoms with van der Waals surface area (Å²) in [4.78, 5) is 25.5. The minimum absolute atomic E-state index is 0.393. The van der Waals surface area contributed by atoms with Gasteiger partial charge in [0, 0.05) is 90.7 Å². The molecule has 0 unspecified atom stereocenters. The summed E-state index contributed by atoms with van der Waals surface area (Å²) in [6, 6.07) is 11.5. The lowest BCUT2D eigenvalue weighted by Gasteiger charge is -2.29. The fourth-order valence-corrected chi connectivity index (χ4v) is 6.38. The van der Waals surface area contributed by atoms with Gasteiger partial charge in [0.1, 0.15) is 65.3 Å². The zero-order valence-corrected chi connectivity index (χ0v) is 34.8. The van der Waals surface area contributed by atoms with Crippen molar-refractivity contribution in [1.82, 2.24) is 25.2 Å². The normalized spacial score (nSPS) is 15.1. The molecule has 0 radical (unpaired) electrons. The SMILES string of the molecule is N#CBr.N#CN(CCOc1ccnc(N)c1)C1CCCCC1.NCCOc1ccnc(N)c1.Nc1cc(OCCNC2CCCCC2)ccn1.O=C1CCCCC1. The van der Waals surface area contributed by atoms with E-state index in [0.29, 0.717) is 79.7 Å². The van der Waals surface area contributed by atoms with Crippen molar-refractivity contribution in [3.8, 4) is 28.4 Å². The van der Waals surface area contributed by atoms with E-state index in [1.165, 1.54) is 57.8 Å². The van der Waals surface area contributed by atoms with E-state index >= 15 is 0 Å². The number of nitrogen functional groups attached to an aromatic ring is 3. The highest BCUT2D eigenvalue weighted by atomic mass is 79.9. The molecule has 6 rings (SSSR count). The monoisotopic (exact) mass is 851 g/mol. The van der Waals surface area contributed by atoms with Gasteiger partial charge >= 0.3 is 0 Å². The van der Waals surface area contributed by atoms with Gasteiger partial charge in [-0.05, 0) is 56.7 Å². The minimum Gasteiger partial charge on any atom is -0.492 e. The van der Waals surface area contributed by atoms with Crippen LogP contribution in [0.15, 0.2) is 55.0 Å². The average Bonchev–Trinajstić information content (AvgIpc) is 3.23. The Kier molecular flexibility index (Phi) is 26.4. The molecule has 312 valence electrons. The molecule has 0 aromatic carbocycles. The van der Waals surface area contributed by atoms with Crippen molar-refractivity contribution < 1.29 is 19.0 Å². The van der Waals surface area contributed by atoms with Crippen LogP contribution in [0.5, 0.6) is 17.2 Å². The number of ketones is 1. The van der Waals surface area contributed by atoms with E-state index in [-0.39, 0.29) is 0 Å². The van der Waals surface area contributed by atoms with Crippen molar-refractivity contribution in [3.05, 3.63) is 55.0 Å². The van der Waals surface area contributed by atoms with Crippen molar-refractivity contribution >= 4 is 39.2 Å². The summed E-state index contributed by atoms with van der Waals surface area (Å²) in [5.41, 5.74) is 21.8. The Balaban J connectivity index is 0.000000269. The Labute approximate surface area is 347 Å². The maximum Gasteiger partial charge on any atom is 0.179 e. The fraction of sp³-hybridized carbons (Fsp3) is 0.561. The van der Waals surface area contributed by atoms with Crippen LogP contribution in [0.1, 0.15) is 96.3 Å². The molecular formula is C41H62BrN11O4. The van der Waals surface area contributed by atoms with E-state index in [1.807, 2.05) is 11.0 Å².